The molecule has 0 saturated heterocycles. The molecule has 0 radical (unpaired) electrons. The Morgan fingerprint density at radius 3 is 1.35 bits per heavy atom. The van der Waals surface area contributed by atoms with Crippen molar-refractivity contribution < 1.29 is 0 Å². The highest BCUT2D eigenvalue weighted by Crippen LogP contribution is 2.54. The summed E-state index contributed by atoms with van der Waals surface area (Å²) in [6, 6.07) is 0. The van der Waals surface area contributed by atoms with Gasteiger partial charge in [-0.25, -0.2) is 0 Å². The predicted octanol–water partition coefficient (Wildman–Crippen LogP) is 5.69. The Bertz CT molecular complexity index is 305. The quantitative estimate of drug-likeness (QED) is 0.573. The summed E-state index contributed by atoms with van der Waals surface area (Å²) < 4.78 is 0. The molecule has 0 aromatic rings. The molecule has 0 N–H and O–H groups in total. The molecule has 0 nitrogen and oxygen atoms in total. The van der Waals surface area contributed by atoms with Crippen LogP contribution in [0, 0.1) is 11.8 Å². The third kappa shape index (κ3) is 3.00. The minimum Gasteiger partial charge on any atom is -0.0984 e. The summed E-state index contributed by atoms with van der Waals surface area (Å²) in [5, 5.41) is 0. The highest BCUT2D eigenvalue weighted by atomic mass is 14.5. The van der Waals surface area contributed by atoms with Gasteiger partial charge in [0.25, 0.3) is 0 Å². The zero-order chi connectivity index (χ0) is 13.6. The molecule has 1 saturated carbocycles. The topological polar surface area (TPSA) is 0 Å². The molecule has 2 aliphatic carbocycles. The third-order valence-corrected chi connectivity index (χ3v) is 3.45. The SMILES string of the molecule is C=CC1=C(C)C2CC2C(C)=C1C=C.CC.CC. The predicted molar refractivity (Wildman–Crippen MR) is 80.1 cm³/mol. The van der Waals surface area contributed by atoms with E-state index in [0.29, 0.717) is 0 Å². The van der Waals surface area contributed by atoms with Crippen LogP contribution in [0.2, 0.25) is 0 Å². The summed E-state index contributed by atoms with van der Waals surface area (Å²) in [6.45, 7) is 20.2. The van der Waals surface area contributed by atoms with Gasteiger partial charge in [0.1, 0.15) is 0 Å². The van der Waals surface area contributed by atoms with Gasteiger partial charge < -0.3 is 0 Å². The highest BCUT2D eigenvalue weighted by molar-refractivity contribution is 5.56. The molecule has 0 heterocycles. The molecular weight excluding hydrogens is 204 g/mol. The van der Waals surface area contributed by atoms with E-state index < -0.39 is 0 Å². The molecule has 0 aliphatic heterocycles. The van der Waals surface area contributed by atoms with Crippen LogP contribution in [-0.2, 0) is 0 Å². The fourth-order valence-corrected chi connectivity index (χ4v) is 2.52. The van der Waals surface area contributed by atoms with E-state index in [9.17, 15) is 0 Å². The van der Waals surface area contributed by atoms with Gasteiger partial charge in [0.2, 0.25) is 0 Å². The summed E-state index contributed by atoms with van der Waals surface area (Å²) in [7, 11) is 0. The van der Waals surface area contributed by atoms with E-state index in [1.165, 1.54) is 28.7 Å². The normalized spacial score (nSPS) is 24.8. The monoisotopic (exact) mass is 232 g/mol. The zero-order valence-electron chi connectivity index (χ0n) is 12.4. The Balaban J connectivity index is 0.000000581. The lowest BCUT2D eigenvalue weighted by Gasteiger charge is -2.18. The summed E-state index contributed by atoms with van der Waals surface area (Å²) in [5.41, 5.74) is 5.68. The molecule has 0 bridgehead atoms. The molecule has 0 aromatic heterocycles. The van der Waals surface area contributed by atoms with Crippen molar-refractivity contribution in [2.45, 2.75) is 48.0 Å². The second-order valence-corrected chi connectivity index (χ2v) is 4.05. The van der Waals surface area contributed by atoms with E-state index in [-0.39, 0.29) is 0 Å². The van der Waals surface area contributed by atoms with Gasteiger partial charge in [0.15, 0.2) is 0 Å². The average Bonchev–Trinajstić information content (AvgIpc) is 3.19. The van der Waals surface area contributed by atoms with Crippen molar-refractivity contribution in [1.29, 1.82) is 0 Å². The Kier molecular flexibility index (Phi) is 6.87. The van der Waals surface area contributed by atoms with Crippen LogP contribution < -0.4 is 0 Å². The first-order valence-electron chi connectivity index (χ1n) is 6.87. The van der Waals surface area contributed by atoms with Crippen molar-refractivity contribution in [3.8, 4) is 0 Å². The first-order chi connectivity index (χ1) is 8.20. The number of hydrogen-bond donors (Lipinski definition) is 0. The van der Waals surface area contributed by atoms with E-state index in [0.717, 1.165) is 11.8 Å². The number of rotatable bonds is 2. The minimum atomic E-state index is 0.816. The van der Waals surface area contributed by atoms with Crippen LogP contribution in [0.15, 0.2) is 47.6 Å². The molecule has 2 unspecified atom stereocenters. The number of hydrogen-bond acceptors (Lipinski definition) is 0. The Hall–Kier alpha value is -1.04. The first kappa shape index (κ1) is 16.0. The molecule has 17 heavy (non-hydrogen) atoms. The summed E-state index contributed by atoms with van der Waals surface area (Å²) in [4.78, 5) is 0. The van der Waals surface area contributed by atoms with E-state index in [2.05, 4.69) is 27.0 Å². The Morgan fingerprint density at radius 1 is 0.824 bits per heavy atom. The molecule has 2 atom stereocenters. The fraction of sp³-hybridized carbons (Fsp3) is 0.529. The molecule has 0 amide bonds. The van der Waals surface area contributed by atoms with Crippen LogP contribution in [0.1, 0.15) is 48.0 Å². The van der Waals surface area contributed by atoms with E-state index in [1.807, 2.05) is 39.8 Å². The lowest BCUT2D eigenvalue weighted by atomic mass is 9.87. The maximum Gasteiger partial charge on any atom is -0.0125 e. The van der Waals surface area contributed by atoms with Crippen molar-refractivity contribution in [2.24, 2.45) is 11.8 Å². The van der Waals surface area contributed by atoms with Crippen molar-refractivity contribution in [3.05, 3.63) is 47.6 Å². The minimum absolute atomic E-state index is 0.816. The third-order valence-electron chi connectivity index (χ3n) is 3.45. The van der Waals surface area contributed by atoms with Crippen LogP contribution in [-0.4, -0.2) is 0 Å². The van der Waals surface area contributed by atoms with Crippen LogP contribution >= 0.6 is 0 Å². The second kappa shape index (κ2) is 7.32. The standard InChI is InChI=1S/C13H16.2C2H6/c1-5-10-8(3)12-7-13(12)9(4)11(10)6-2;2*1-2/h5-6,12-13H,1-2,7H2,3-4H3;2*1-2H3. The molecule has 1 fully saturated rings. The van der Waals surface area contributed by atoms with Crippen molar-refractivity contribution in [3.63, 3.8) is 0 Å². The smallest absolute Gasteiger partial charge is 0.0125 e. The van der Waals surface area contributed by atoms with Crippen molar-refractivity contribution in [1.82, 2.24) is 0 Å². The Labute approximate surface area is 108 Å². The summed E-state index contributed by atoms with van der Waals surface area (Å²) in [6.07, 6.45) is 5.29. The van der Waals surface area contributed by atoms with Gasteiger partial charge in [-0.2, -0.15) is 0 Å². The van der Waals surface area contributed by atoms with Gasteiger partial charge in [-0.15, -0.1) is 0 Å². The molecular formula is C17H28. The number of fused-ring (bicyclic) bond motifs is 1. The molecule has 2 aliphatic rings. The van der Waals surface area contributed by atoms with Crippen LogP contribution in [0.3, 0.4) is 0 Å². The molecule has 0 spiro atoms. The van der Waals surface area contributed by atoms with Gasteiger partial charge in [0, 0.05) is 0 Å². The van der Waals surface area contributed by atoms with E-state index in [1.54, 1.807) is 0 Å². The summed E-state index contributed by atoms with van der Waals surface area (Å²) >= 11 is 0. The maximum absolute atomic E-state index is 3.88. The first-order valence-corrected chi connectivity index (χ1v) is 6.87. The maximum atomic E-state index is 3.88. The van der Waals surface area contributed by atoms with E-state index in [4.69, 9.17) is 0 Å². The van der Waals surface area contributed by atoms with Gasteiger partial charge >= 0.3 is 0 Å². The van der Waals surface area contributed by atoms with E-state index >= 15 is 0 Å². The highest BCUT2D eigenvalue weighted by Gasteiger charge is 2.43. The van der Waals surface area contributed by atoms with Crippen molar-refractivity contribution >= 4 is 0 Å². The van der Waals surface area contributed by atoms with Crippen molar-refractivity contribution in [2.75, 3.05) is 0 Å². The van der Waals surface area contributed by atoms with Crippen LogP contribution in [0.25, 0.3) is 0 Å². The molecule has 2 rings (SSSR count). The van der Waals surface area contributed by atoms with Crippen LogP contribution in [0.4, 0.5) is 0 Å². The lowest BCUT2D eigenvalue weighted by molar-refractivity contribution is 0.839. The molecule has 0 aromatic carbocycles. The van der Waals surface area contributed by atoms with Gasteiger partial charge in [0.05, 0.1) is 0 Å². The fourth-order valence-electron chi connectivity index (χ4n) is 2.52. The van der Waals surface area contributed by atoms with Crippen LogP contribution in [0.5, 0.6) is 0 Å². The number of allylic oxidation sites excluding steroid dienone is 6. The van der Waals surface area contributed by atoms with Gasteiger partial charge in [-0.05, 0) is 43.3 Å². The largest absolute Gasteiger partial charge is 0.0984 e. The van der Waals surface area contributed by atoms with Gasteiger partial charge in [-0.1, -0.05) is 64.2 Å². The molecule has 0 heteroatoms. The Morgan fingerprint density at radius 2 is 1.12 bits per heavy atom. The lowest BCUT2D eigenvalue weighted by Crippen LogP contribution is -2.03. The second-order valence-electron chi connectivity index (χ2n) is 4.05. The van der Waals surface area contributed by atoms with Gasteiger partial charge in [-0.3, -0.25) is 0 Å². The zero-order valence-corrected chi connectivity index (χ0v) is 12.4. The molecule has 96 valence electrons. The summed E-state index contributed by atoms with van der Waals surface area (Å²) in [5.74, 6) is 1.63. The average molecular weight is 232 g/mol.